The van der Waals surface area contributed by atoms with E-state index in [1.165, 1.54) is 6.07 Å². The van der Waals surface area contributed by atoms with Crippen molar-refractivity contribution in [1.29, 1.82) is 0 Å². The summed E-state index contributed by atoms with van der Waals surface area (Å²) in [6.45, 7) is 0.391. The lowest BCUT2D eigenvalue weighted by Crippen LogP contribution is -2.02. The molecule has 2 aromatic rings. The summed E-state index contributed by atoms with van der Waals surface area (Å²) >= 11 is 15.2. The molecule has 2 rings (SSSR count). The van der Waals surface area contributed by atoms with Gasteiger partial charge in [0.25, 0.3) is 5.69 Å². The summed E-state index contributed by atoms with van der Waals surface area (Å²) < 4.78 is 0.454. The Hall–Kier alpha value is -1.30. The number of hydrogen-bond acceptors (Lipinski definition) is 3. The van der Waals surface area contributed by atoms with E-state index >= 15 is 0 Å². The van der Waals surface area contributed by atoms with Crippen molar-refractivity contribution in [3.63, 3.8) is 0 Å². The van der Waals surface area contributed by atoms with E-state index in [1.807, 2.05) is 0 Å². The number of halogens is 3. The van der Waals surface area contributed by atoms with Crippen LogP contribution in [0.25, 0.3) is 0 Å². The van der Waals surface area contributed by atoms with Crippen molar-refractivity contribution < 1.29 is 4.92 Å². The number of rotatable bonds is 4. The summed E-state index contributed by atoms with van der Waals surface area (Å²) in [5.74, 6) is 0. The third-order valence-electron chi connectivity index (χ3n) is 2.65. The predicted octanol–water partition coefficient (Wildman–Crippen LogP) is 5.28. The molecule has 0 saturated carbocycles. The Balaban J connectivity index is 2.21. The van der Waals surface area contributed by atoms with Gasteiger partial charge in [-0.1, -0.05) is 35.3 Å². The van der Waals surface area contributed by atoms with Crippen LogP contribution in [0.4, 0.5) is 11.4 Å². The average Bonchev–Trinajstić information content (AvgIpc) is 2.41. The second-order valence-corrected chi connectivity index (χ2v) is 5.62. The number of anilines is 1. The molecule has 0 aromatic heterocycles. The van der Waals surface area contributed by atoms with E-state index < -0.39 is 4.92 Å². The Bertz CT molecular complexity index is 665. The zero-order chi connectivity index (χ0) is 14.7. The molecule has 0 bridgehead atoms. The highest BCUT2D eigenvalue weighted by molar-refractivity contribution is 9.10. The van der Waals surface area contributed by atoms with Gasteiger partial charge in [-0.2, -0.15) is 0 Å². The van der Waals surface area contributed by atoms with Crippen molar-refractivity contribution in [2.75, 3.05) is 5.32 Å². The minimum Gasteiger partial charge on any atom is -0.380 e. The smallest absolute Gasteiger partial charge is 0.283 e. The summed E-state index contributed by atoms with van der Waals surface area (Å²) in [6.07, 6.45) is 0. The standard InChI is InChI=1S/C13H9BrCl2N2O2/c14-13-8(2-1-3-12(13)18(19)20)7-17-11-6-9(15)4-5-10(11)16/h1-6,17H,7H2. The number of hydrogen-bond donors (Lipinski definition) is 1. The molecule has 0 radical (unpaired) electrons. The molecule has 0 fully saturated rings. The van der Waals surface area contributed by atoms with Gasteiger partial charge in [-0.25, -0.2) is 0 Å². The van der Waals surface area contributed by atoms with E-state index in [0.717, 1.165) is 5.56 Å². The van der Waals surface area contributed by atoms with E-state index in [9.17, 15) is 10.1 Å². The summed E-state index contributed by atoms with van der Waals surface area (Å²) in [7, 11) is 0. The Morgan fingerprint density at radius 1 is 1.25 bits per heavy atom. The first-order valence-electron chi connectivity index (χ1n) is 5.59. The predicted molar refractivity (Wildman–Crippen MR) is 84.6 cm³/mol. The first kappa shape index (κ1) is 15.1. The molecule has 0 aliphatic heterocycles. The van der Waals surface area contributed by atoms with Crippen LogP contribution >= 0.6 is 39.1 Å². The first-order valence-corrected chi connectivity index (χ1v) is 7.14. The lowest BCUT2D eigenvalue weighted by molar-refractivity contribution is -0.385. The molecule has 0 aliphatic carbocycles. The summed E-state index contributed by atoms with van der Waals surface area (Å²) in [5, 5.41) is 15.1. The second kappa shape index (κ2) is 6.43. The van der Waals surface area contributed by atoms with Crippen LogP contribution in [0.3, 0.4) is 0 Å². The van der Waals surface area contributed by atoms with Gasteiger partial charge in [0.1, 0.15) is 4.47 Å². The topological polar surface area (TPSA) is 55.2 Å². The first-order chi connectivity index (χ1) is 9.49. The van der Waals surface area contributed by atoms with Gasteiger partial charge in [0.2, 0.25) is 0 Å². The van der Waals surface area contributed by atoms with Gasteiger partial charge in [0.15, 0.2) is 0 Å². The molecule has 2 aromatic carbocycles. The number of benzene rings is 2. The highest BCUT2D eigenvalue weighted by Crippen LogP contribution is 2.30. The van der Waals surface area contributed by atoms with Crippen LogP contribution in [0.2, 0.25) is 10.0 Å². The number of nitro groups is 1. The third-order valence-corrected chi connectivity index (χ3v) is 4.13. The maximum absolute atomic E-state index is 10.9. The van der Waals surface area contributed by atoms with Crippen molar-refractivity contribution in [3.05, 3.63) is 66.6 Å². The number of nitrogens with one attached hydrogen (secondary N) is 1. The molecular weight excluding hydrogens is 367 g/mol. The molecule has 0 unspecified atom stereocenters. The normalized spacial score (nSPS) is 10.3. The highest BCUT2D eigenvalue weighted by Gasteiger charge is 2.14. The molecule has 0 spiro atoms. The van der Waals surface area contributed by atoms with Gasteiger partial charge in [0.05, 0.1) is 15.6 Å². The zero-order valence-electron chi connectivity index (χ0n) is 10.1. The van der Waals surface area contributed by atoms with Crippen LogP contribution < -0.4 is 5.32 Å². The van der Waals surface area contributed by atoms with Crippen LogP contribution in [0.1, 0.15) is 5.56 Å². The van der Waals surface area contributed by atoms with Crippen LogP contribution in [-0.4, -0.2) is 4.92 Å². The van der Waals surface area contributed by atoms with Gasteiger partial charge >= 0.3 is 0 Å². The van der Waals surface area contributed by atoms with E-state index in [2.05, 4.69) is 21.2 Å². The molecule has 0 aliphatic rings. The van der Waals surface area contributed by atoms with Crippen molar-refractivity contribution in [1.82, 2.24) is 0 Å². The van der Waals surface area contributed by atoms with Crippen LogP contribution in [0.15, 0.2) is 40.9 Å². The summed E-state index contributed by atoms with van der Waals surface area (Å²) in [4.78, 5) is 10.4. The molecule has 0 saturated heterocycles. The Kier molecular flexibility index (Phi) is 4.86. The molecule has 1 N–H and O–H groups in total. The van der Waals surface area contributed by atoms with Crippen molar-refractivity contribution in [2.24, 2.45) is 0 Å². The maximum Gasteiger partial charge on any atom is 0.283 e. The van der Waals surface area contributed by atoms with Crippen molar-refractivity contribution in [3.8, 4) is 0 Å². The Morgan fingerprint density at radius 3 is 2.70 bits per heavy atom. The Morgan fingerprint density at radius 2 is 2.00 bits per heavy atom. The maximum atomic E-state index is 10.9. The molecule has 0 amide bonds. The minimum absolute atomic E-state index is 0.0292. The van der Waals surface area contributed by atoms with Gasteiger partial charge in [-0.3, -0.25) is 10.1 Å². The molecule has 20 heavy (non-hydrogen) atoms. The fraction of sp³-hybridized carbons (Fsp3) is 0.0769. The van der Waals surface area contributed by atoms with E-state index in [4.69, 9.17) is 23.2 Å². The molecule has 0 heterocycles. The largest absolute Gasteiger partial charge is 0.380 e. The molecule has 7 heteroatoms. The van der Waals surface area contributed by atoms with E-state index in [-0.39, 0.29) is 5.69 Å². The van der Waals surface area contributed by atoms with Crippen molar-refractivity contribution >= 4 is 50.5 Å². The van der Waals surface area contributed by atoms with Gasteiger partial charge < -0.3 is 5.32 Å². The number of nitro benzene ring substituents is 1. The molecule has 4 nitrogen and oxygen atoms in total. The average molecular weight is 376 g/mol. The Labute approximate surface area is 134 Å². The SMILES string of the molecule is O=[N+]([O-])c1cccc(CNc2cc(Cl)ccc2Cl)c1Br. The molecular formula is C13H9BrCl2N2O2. The van der Waals surface area contributed by atoms with Crippen LogP contribution in [0, 0.1) is 10.1 Å². The second-order valence-electron chi connectivity index (χ2n) is 3.99. The van der Waals surface area contributed by atoms with Crippen LogP contribution in [0.5, 0.6) is 0 Å². The fourth-order valence-electron chi connectivity index (χ4n) is 1.67. The summed E-state index contributed by atoms with van der Waals surface area (Å²) in [5.41, 5.74) is 1.47. The zero-order valence-corrected chi connectivity index (χ0v) is 13.2. The van der Waals surface area contributed by atoms with Gasteiger partial charge in [-0.05, 0) is 39.7 Å². The molecule has 104 valence electrons. The summed E-state index contributed by atoms with van der Waals surface area (Å²) in [6, 6.07) is 9.96. The van der Waals surface area contributed by atoms with Crippen molar-refractivity contribution in [2.45, 2.75) is 6.54 Å². The highest BCUT2D eigenvalue weighted by atomic mass is 79.9. The van der Waals surface area contributed by atoms with Gasteiger partial charge in [-0.15, -0.1) is 0 Å². The van der Waals surface area contributed by atoms with Gasteiger partial charge in [0, 0.05) is 17.6 Å². The quantitative estimate of drug-likeness (QED) is 0.584. The monoisotopic (exact) mass is 374 g/mol. The van der Waals surface area contributed by atoms with E-state index in [1.54, 1.807) is 30.3 Å². The minimum atomic E-state index is -0.431. The third kappa shape index (κ3) is 3.42. The number of nitrogens with zero attached hydrogens (tertiary/aromatic N) is 1. The lowest BCUT2D eigenvalue weighted by Gasteiger charge is -2.10. The lowest BCUT2D eigenvalue weighted by atomic mass is 10.2. The van der Waals surface area contributed by atoms with E-state index in [0.29, 0.717) is 26.8 Å². The van der Waals surface area contributed by atoms with Crippen LogP contribution in [-0.2, 0) is 6.54 Å². The molecule has 0 atom stereocenters. The fourth-order valence-corrected chi connectivity index (χ4v) is 2.57.